The maximum absolute atomic E-state index is 11.1. The topological polar surface area (TPSA) is 76.0 Å². The fourth-order valence-electron chi connectivity index (χ4n) is 2.25. The van der Waals surface area contributed by atoms with Crippen LogP contribution in [0.2, 0.25) is 0 Å². The molecule has 5 heteroatoms. The summed E-state index contributed by atoms with van der Waals surface area (Å²) in [6.07, 6.45) is 2.22. The lowest BCUT2D eigenvalue weighted by Crippen LogP contribution is -2.29. The van der Waals surface area contributed by atoms with Crippen molar-refractivity contribution in [3.8, 4) is 0 Å². The van der Waals surface area contributed by atoms with Gasteiger partial charge in [-0.05, 0) is 6.42 Å². The third-order valence-electron chi connectivity index (χ3n) is 3.38. The Balaban J connectivity index is 2.35. The van der Waals surface area contributed by atoms with E-state index >= 15 is 0 Å². The number of carbonyl (C=O) groups is 1. The van der Waals surface area contributed by atoms with Gasteiger partial charge in [-0.3, -0.25) is 4.79 Å². The molecular formula is C13H24O5. The second-order valence-electron chi connectivity index (χ2n) is 4.86. The summed E-state index contributed by atoms with van der Waals surface area (Å²) in [6.45, 7) is 2.12. The number of methoxy groups -OCH3 is 1. The van der Waals surface area contributed by atoms with Crippen LogP contribution in [0.3, 0.4) is 0 Å². The molecule has 18 heavy (non-hydrogen) atoms. The van der Waals surface area contributed by atoms with E-state index in [0.717, 1.165) is 25.7 Å². The van der Waals surface area contributed by atoms with Gasteiger partial charge in [0, 0.05) is 6.42 Å². The SMILES string of the molecule is CCCCC[C@H]1O[C@H](C(O)CC(=O)OC)C[C@@H]1O. The highest BCUT2D eigenvalue weighted by molar-refractivity contribution is 5.69. The van der Waals surface area contributed by atoms with E-state index in [1.54, 1.807) is 0 Å². The number of hydrogen-bond acceptors (Lipinski definition) is 5. The van der Waals surface area contributed by atoms with E-state index in [4.69, 9.17) is 4.74 Å². The summed E-state index contributed by atoms with van der Waals surface area (Å²) in [5, 5.41) is 19.7. The van der Waals surface area contributed by atoms with Crippen LogP contribution in [0.1, 0.15) is 45.4 Å². The van der Waals surface area contributed by atoms with Gasteiger partial charge in [-0.1, -0.05) is 26.2 Å². The standard InChI is InChI=1S/C13H24O5/c1-3-4-5-6-11-9(14)7-12(18-11)10(15)8-13(16)17-2/h9-12,14-15H,3-8H2,1-2H3/t9-,10?,11+,12-/m0/s1. The number of esters is 1. The van der Waals surface area contributed by atoms with Crippen molar-refractivity contribution in [1.82, 2.24) is 0 Å². The number of rotatable bonds is 7. The van der Waals surface area contributed by atoms with Crippen LogP contribution in [-0.4, -0.2) is 47.7 Å². The van der Waals surface area contributed by atoms with Crippen LogP contribution >= 0.6 is 0 Å². The first-order valence-corrected chi connectivity index (χ1v) is 6.66. The second-order valence-corrected chi connectivity index (χ2v) is 4.86. The van der Waals surface area contributed by atoms with Crippen LogP contribution in [0.5, 0.6) is 0 Å². The van der Waals surface area contributed by atoms with Gasteiger partial charge < -0.3 is 19.7 Å². The zero-order chi connectivity index (χ0) is 13.5. The molecule has 106 valence electrons. The molecule has 0 aromatic heterocycles. The van der Waals surface area contributed by atoms with Gasteiger partial charge in [0.2, 0.25) is 0 Å². The van der Waals surface area contributed by atoms with Crippen LogP contribution < -0.4 is 0 Å². The number of aliphatic hydroxyl groups is 2. The summed E-state index contributed by atoms with van der Waals surface area (Å²) >= 11 is 0. The van der Waals surface area contributed by atoms with E-state index < -0.39 is 24.3 Å². The van der Waals surface area contributed by atoms with Crippen molar-refractivity contribution in [2.24, 2.45) is 0 Å². The molecule has 2 N–H and O–H groups in total. The average Bonchev–Trinajstić information content (AvgIpc) is 2.71. The lowest BCUT2D eigenvalue weighted by molar-refractivity contribution is -0.145. The summed E-state index contributed by atoms with van der Waals surface area (Å²) in [5.74, 6) is -0.463. The van der Waals surface area contributed by atoms with Gasteiger partial charge in [0.25, 0.3) is 0 Å². The number of hydrogen-bond donors (Lipinski definition) is 2. The quantitative estimate of drug-likeness (QED) is 0.528. The van der Waals surface area contributed by atoms with E-state index in [0.29, 0.717) is 6.42 Å². The molecule has 4 atom stereocenters. The van der Waals surface area contributed by atoms with E-state index in [1.165, 1.54) is 7.11 Å². The molecule has 0 aromatic rings. The molecule has 0 saturated carbocycles. The van der Waals surface area contributed by atoms with E-state index in [9.17, 15) is 15.0 Å². The number of carbonyl (C=O) groups excluding carboxylic acids is 1. The van der Waals surface area contributed by atoms with Gasteiger partial charge in [0.05, 0.1) is 37.9 Å². The third kappa shape index (κ3) is 4.55. The lowest BCUT2D eigenvalue weighted by atomic mass is 10.0. The van der Waals surface area contributed by atoms with E-state index in [2.05, 4.69) is 11.7 Å². The summed E-state index contributed by atoms with van der Waals surface area (Å²) in [7, 11) is 1.28. The van der Waals surface area contributed by atoms with Crippen LogP contribution in [0.15, 0.2) is 0 Å². The molecule has 0 bridgehead atoms. The monoisotopic (exact) mass is 260 g/mol. The van der Waals surface area contributed by atoms with Gasteiger partial charge in [0.1, 0.15) is 0 Å². The maximum Gasteiger partial charge on any atom is 0.308 e. The minimum absolute atomic E-state index is 0.0877. The molecule has 1 heterocycles. The summed E-state index contributed by atoms with van der Waals surface area (Å²) in [4.78, 5) is 11.1. The Hall–Kier alpha value is -0.650. The molecule has 0 spiro atoms. The largest absolute Gasteiger partial charge is 0.469 e. The molecule has 0 amide bonds. The number of unbranched alkanes of at least 4 members (excludes halogenated alkanes) is 2. The summed E-state index contributed by atoms with van der Waals surface area (Å²) in [5.41, 5.74) is 0. The van der Waals surface area contributed by atoms with Crippen LogP contribution in [0.25, 0.3) is 0 Å². The third-order valence-corrected chi connectivity index (χ3v) is 3.38. The molecule has 0 aromatic carbocycles. The van der Waals surface area contributed by atoms with Gasteiger partial charge >= 0.3 is 5.97 Å². The first-order valence-electron chi connectivity index (χ1n) is 6.66. The predicted molar refractivity (Wildman–Crippen MR) is 66.1 cm³/mol. The average molecular weight is 260 g/mol. The summed E-state index contributed by atoms with van der Waals surface area (Å²) < 4.78 is 10.1. The number of aliphatic hydroxyl groups excluding tert-OH is 2. The van der Waals surface area contributed by atoms with Gasteiger partial charge in [0.15, 0.2) is 0 Å². The fraction of sp³-hybridized carbons (Fsp3) is 0.923. The highest BCUT2D eigenvalue weighted by atomic mass is 16.5. The van der Waals surface area contributed by atoms with Gasteiger partial charge in [-0.2, -0.15) is 0 Å². The zero-order valence-corrected chi connectivity index (χ0v) is 11.2. The smallest absolute Gasteiger partial charge is 0.308 e. The van der Waals surface area contributed by atoms with Gasteiger partial charge in [-0.25, -0.2) is 0 Å². The molecule has 1 fully saturated rings. The van der Waals surface area contributed by atoms with Crippen molar-refractivity contribution in [3.05, 3.63) is 0 Å². The van der Waals surface area contributed by atoms with Crippen LogP contribution in [0, 0.1) is 0 Å². The Morgan fingerprint density at radius 3 is 2.83 bits per heavy atom. The van der Waals surface area contributed by atoms with E-state index in [-0.39, 0.29) is 12.5 Å². The molecule has 1 aliphatic heterocycles. The minimum Gasteiger partial charge on any atom is -0.469 e. The van der Waals surface area contributed by atoms with Crippen molar-refractivity contribution < 1.29 is 24.5 Å². The number of ether oxygens (including phenoxy) is 2. The normalized spacial score (nSPS) is 29.2. The molecular weight excluding hydrogens is 236 g/mol. The summed E-state index contributed by atoms with van der Waals surface area (Å²) in [6, 6.07) is 0. The molecule has 1 rings (SSSR count). The predicted octanol–water partition coefficient (Wildman–Crippen LogP) is 1.01. The molecule has 0 aliphatic carbocycles. The molecule has 1 unspecified atom stereocenters. The van der Waals surface area contributed by atoms with Crippen molar-refractivity contribution in [3.63, 3.8) is 0 Å². The zero-order valence-electron chi connectivity index (χ0n) is 11.2. The Morgan fingerprint density at radius 2 is 2.22 bits per heavy atom. The minimum atomic E-state index is -0.900. The highest BCUT2D eigenvalue weighted by Crippen LogP contribution is 2.27. The molecule has 5 nitrogen and oxygen atoms in total. The Bertz CT molecular complexity index is 256. The van der Waals surface area contributed by atoms with Crippen molar-refractivity contribution in [2.45, 2.75) is 69.9 Å². The Morgan fingerprint density at radius 1 is 1.50 bits per heavy atom. The van der Waals surface area contributed by atoms with Crippen molar-refractivity contribution >= 4 is 5.97 Å². The molecule has 1 aliphatic rings. The van der Waals surface area contributed by atoms with E-state index in [1.807, 2.05) is 0 Å². The fourth-order valence-corrected chi connectivity index (χ4v) is 2.25. The molecule has 1 saturated heterocycles. The Labute approximate surface area is 108 Å². The van der Waals surface area contributed by atoms with Crippen molar-refractivity contribution in [1.29, 1.82) is 0 Å². The Kier molecular flexibility index (Phi) is 6.60. The lowest BCUT2D eigenvalue weighted by Gasteiger charge is -2.18. The maximum atomic E-state index is 11.1. The molecule has 0 radical (unpaired) electrons. The first kappa shape index (κ1) is 15.4. The van der Waals surface area contributed by atoms with Crippen LogP contribution in [-0.2, 0) is 14.3 Å². The van der Waals surface area contributed by atoms with Crippen LogP contribution in [0.4, 0.5) is 0 Å². The first-order chi connectivity index (χ1) is 8.58. The second kappa shape index (κ2) is 7.71. The van der Waals surface area contributed by atoms with Crippen molar-refractivity contribution in [2.75, 3.05) is 7.11 Å². The highest BCUT2D eigenvalue weighted by Gasteiger charge is 2.37. The van der Waals surface area contributed by atoms with Gasteiger partial charge in [-0.15, -0.1) is 0 Å².